The number of nitrogens with one attached hydrogen (secondary N) is 3. The van der Waals surface area contributed by atoms with Gasteiger partial charge in [-0.2, -0.15) is 0 Å². The number of aromatic amines is 1. The molecule has 0 radical (unpaired) electrons. The molecule has 152 valence electrons. The molecule has 3 aromatic rings. The Labute approximate surface area is 172 Å². The molecule has 0 aliphatic rings. The summed E-state index contributed by atoms with van der Waals surface area (Å²) < 4.78 is 5.12. The van der Waals surface area contributed by atoms with Crippen molar-refractivity contribution in [3.05, 3.63) is 57.2 Å². The molecule has 29 heavy (non-hydrogen) atoms. The molecule has 2 aromatic carbocycles. The van der Waals surface area contributed by atoms with Crippen LogP contribution in [0.5, 0.6) is 0 Å². The van der Waals surface area contributed by atoms with Crippen LogP contribution in [0.25, 0.3) is 21.8 Å². The third kappa shape index (κ3) is 4.68. The predicted octanol–water partition coefficient (Wildman–Crippen LogP) is 3.59. The summed E-state index contributed by atoms with van der Waals surface area (Å²) in [5.74, 6) is -0.435. The molecule has 0 bridgehead atoms. The van der Waals surface area contributed by atoms with Gasteiger partial charge in [0.2, 0.25) is 0 Å². The van der Waals surface area contributed by atoms with Crippen LogP contribution in [0.2, 0.25) is 5.02 Å². The number of alkyl carbamates (subject to hydrolysis) is 1. The van der Waals surface area contributed by atoms with Gasteiger partial charge in [-0.15, -0.1) is 0 Å². The van der Waals surface area contributed by atoms with Crippen molar-refractivity contribution in [2.24, 2.45) is 0 Å². The molecule has 0 aliphatic heterocycles. The fraction of sp³-hybridized carbons (Fsp3) is 0.286. The smallest absolute Gasteiger partial charge is 0.407 e. The Morgan fingerprint density at radius 2 is 1.72 bits per heavy atom. The van der Waals surface area contributed by atoms with Crippen molar-refractivity contribution < 1.29 is 14.3 Å². The molecule has 7 nitrogen and oxygen atoms in total. The molecular formula is C21H22ClN3O4. The molecule has 1 aromatic heterocycles. The van der Waals surface area contributed by atoms with Crippen LogP contribution in [0.1, 0.15) is 31.1 Å². The normalized spacial score (nSPS) is 11.4. The van der Waals surface area contributed by atoms with Crippen molar-refractivity contribution in [1.82, 2.24) is 15.6 Å². The van der Waals surface area contributed by atoms with Crippen molar-refractivity contribution in [3.63, 3.8) is 0 Å². The highest BCUT2D eigenvalue weighted by atomic mass is 35.5. The first-order valence-electron chi connectivity index (χ1n) is 9.15. The lowest BCUT2D eigenvalue weighted by molar-refractivity contribution is 0.0526. The second-order valence-electron chi connectivity index (χ2n) is 7.53. The number of hydrogen-bond donors (Lipinski definition) is 3. The number of amides is 2. The molecular weight excluding hydrogens is 394 g/mol. The van der Waals surface area contributed by atoms with E-state index in [2.05, 4.69) is 15.6 Å². The maximum atomic E-state index is 12.8. The number of ether oxygens (including phenoxy) is 1. The first-order chi connectivity index (χ1) is 13.7. The van der Waals surface area contributed by atoms with Crippen molar-refractivity contribution in [2.75, 3.05) is 13.1 Å². The Balaban J connectivity index is 1.74. The topological polar surface area (TPSA) is 100 Å². The van der Waals surface area contributed by atoms with Crippen LogP contribution in [-0.4, -0.2) is 35.7 Å². The van der Waals surface area contributed by atoms with Gasteiger partial charge in [-0.05, 0) is 45.0 Å². The van der Waals surface area contributed by atoms with Crippen LogP contribution in [0.4, 0.5) is 4.79 Å². The second kappa shape index (κ2) is 8.13. The fourth-order valence-corrected chi connectivity index (χ4v) is 3.23. The standard InChI is InChI=1S/C21H22ClN3O4/c1-21(2,3)29-20(28)24-11-10-23-19(27)13-8-9-15-16(17(13)22)18(26)12-6-4-5-7-14(12)25-15/h4-9H,10-11H2,1-3H3,(H,23,27)(H,24,28)(H,25,26). The average Bonchev–Trinajstić information content (AvgIpc) is 2.64. The van der Waals surface area contributed by atoms with Gasteiger partial charge in [0.15, 0.2) is 5.43 Å². The summed E-state index contributed by atoms with van der Waals surface area (Å²) in [6.45, 7) is 5.67. The van der Waals surface area contributed by atoms with Crippen molar-refractivity contribution in [2.45, 2.75) is 26.4 Å². The summed E-state index contributed by atoms with van der Waals surface area (Å²) in [6, 6.07) is 10.3. The Morgan fingerprint density at radius 3 is 2.45 bits per heavy atom. The van der Waals surface area contributed by atoms with E-state index in [1.807, 2.05) is 12.1 Å². The number of para-hydroxylation sites is 1. The molecule has 0 aliphatic carbocycles. The minimum Gasteiger partial charge on any atom is -0.444 e. The lowest BCUT2D eigenvalue weighted by atomic mass is 10.1. The lowest BCUT2D eigenvalue weighted by Gasteiger charge is -2.19. The highest BCUT2D eigenvalue weighted by Crippen LogP contribution is 2.25. The number of halogens is 1. The first kappa shape index (κ1) is 20.7. The Kier molecular flexibility index (Phi) is 5.79. The Morgan fingerprint density at radius 1 is 1.03 bits per heavy atom. The van der Waals surface area contributed by atoms with Gasteiger partial charge in [-0.25, -0.2) is 4.79 Å². The van der Waals surface area contributed by atoms with E-state index in [0.29, 0.717) is 16.4 Å². The van der Waals surface area contributed by atoms with E-state index in [1.165, 1.54) is 0 Å². The van der Waals surface area contributed by atoms with E-state index in [-0.39, 0.29) is 34.5 Å². The first-order valence-corrected chi connectivity index (χ1v) is 9.53. The van der Waals surface area contributed by atoms with E-state index >= 15 is 0 Å². The van der Waals surface area contributed by atoms with Crippen molar-refractivity contribution in [3.8, 4) is 0 Å². The highest BCUT2D eigenvalue weighted by molar-refractivity contribution is 6.38. The van der Waals surface area contributed by atoms with E-state index in [9.17, 15) is 14.4 Å². The second-order valence-corrected chi connectivity index (χ2v) is 7.91. The molecule has 0 fully saturated rings. The van der Waals surface area contributed by atoms with Gasteiger partial charge in [-0.1, -0.05) is 23.7 Å². The zero-order valence-corrected chi connectivity index (χ0v) is 17.1. The number of aromatic nitrogens is 1. The summed E-state index contributed by atoms with van der Waals surface area (Å²) in [5.41, 5.74) is 0.620. The van der Waals surface area contributed by atoms with Gasteiger partial charge >= 0.3 is 6.09 Å². The molecule has 0 atom stereocenters. The largest absolute Gasteiger partial charge is 0.444 e. The third-order valence-corrected chi connectivity index (χ3v) is 4.53. The molecule has 2 amide bonds. The molecule has 8 heteroatoms. The molecule has 0 saturated carbocycles. The van der Waals surface area contributed by atoms with Crippen LogP contribution in [0.3, 0.4) is 0 Å². The van der Waals surface area contributed by atoms with Gasteiger partial charge in [0, 0.05) is 24.0 Å². The number of rotatable bonds is 4. The quantitative estimate of drug-likeness (QED) is 0.447. The number of H-pyrrole nitrogens is 1. The third-order valence-electron chi connectivity index (χ3n) is 4.13. The number of hydrogen-bond acceptors (Lipinski definition) is 4. The maximum absolute atomic E-state index is 12.8. The summed E-state index contributed by atoms with van der Waals surface area (Å²) in [6.07, 6.45) is -0.561. The molecule has 0 unspecified atom stereocenters. The van der Waals surface area contributed by atoms with Crippen LogP contribution in [0, 0.1) is 0 Å². The SMILES string of the molecule is CC(C)(C)OC(=O)NCCNC(=O)c1ccc2[nH]c3ccccc3c(=O)c2c1Cl. The Hall–Kier alpha value is -3.06. The van der Waals surface area contributed by atoms with Crippen LogP contribution < -0.4 is 16.1 Å². The molecule has 3 N–H and O–H groups in total. The van der Waals surface area contributed by atoms with Gasteiger partial charge in [-0.3, -0.25) is 9.59 Å². The monoisotopic (exact) mass is 415 g/mol. The van der Waals surface area contributed by atoms with Crippen LogP contribution in [-0.2, 0) is 4.74 Å². The van der Waals surface area contributed by atoms with Crippen molar-refractivity contribution in [1.29, 1.82) is 0 Å². The zero-order chi connectivity index (χ0) is 21.2. The molecule has 0 saturated heterocycles. The summed E-state index contributed by atoms with van der Waals surface area (Å²) in [5, 5.41) is 6.09. The molecule has 3 rings (SSSR count). The summed E-state index contributed by atoms with van der Waals surface area (Å²) in [4.78, 5) is 40.1. The van der Waals surface area contributed by atoms with E-state index in [0.717, 1.165) is 0 Å². The van der Waals surface area contributed by atoms with Crippen molar-refractivity contribution >= 4 is 45.4 Å². The van der Waals surface area contributed by atoms with Crippen LogP contribution in [0.15, 0.2) is 41.2 Å². The predicted molar refractivity (Wildman–Crippen MR) is 114 cm³/mol. The maximum Gasteiger partial charge on any atom is 0.407 e. The minimum absolute atomic E-state index is 0.0899. The number of fused-ring (bicyclic) bond motifs is 2. The van der Waals surface area contributed by atoms with Gasteiger partial charge in [0.05, 0.1) is 21.5 Å². The Bertz CT molecular complexity index is 1150. The number of carbonyl (C=O) groups is 2. The number of carbonyl (C=O) groups excluding carboxylic acids is 2. The highest BCUT2D eigenvalue weighted by Gasteiger charge is 2.18. The van der Waals surface area contributed by atoms with Gasteiger partial charge in [0.1, 0.15) is 5.60 Å². The average molecular weight is 416 g/mol. The zero-order valence-electron chi connectivity index (χ0n) is 16.4. The fourth-order valence-electron chi connectivity index (χ4n) is 2.90. The number of benzene rings is 2. The summed E-state index contributed by atoms with van der Waals surface area (Å²) in [7, 11) is 0. The van der Waals surface area contributed by atoms with E-state index < -0.39 is 17.6 Å². The van der Waals surface area contributed by atoms with E-state index in [4.69, 9.17) is 16.3 Å². The van der Waals surface area contributed by atoms with Gasteiger partial charge in [0.25, 0.3) is 5.91 Å². The molecule has 0 spiro atoms. The number of pyridine rings is 1. The summed E-state index contributed by atoms with van der Waals surface area (Å²) >= 11 is 6.41. The molecule has 1 heterocycles. The lowest BCUT2D eigenvalue weighted by Crippen LogP contribution is -2.37. The van der Waals surface area contributed by atoms with Crippen LogP contribution >= 0.6 is 11.6 Å². The van der Waals surface area contributed by atoms with E-state index in [1.54, 1.807) is 45.0 Å². The minimum atomic E-state index is -0.594. The van der Waals surface area contributed by atoms with Gasteiger partial charge < -0.3 is 20.4 Å².